The van der Waals surface area contributed by atoms with Crippen LogP contribution in [-0.4, -0.2) is 53.5 Å². The quantitative estimate of drug-likeness (QED) is 0.896. The van der Waals surface area contributed by atoms with Crippen LogP contribution < -0.4 is 5.73 Å². The first-order chi connectivity index (χ1) is 9.09. The van der Waals surface area contributed by atoms with Crippen molar-refractivity contribution in [2.45, 2.75) is 38.4 Å². The predicted octanol–water partition coefficient (Wildman–Crippen LogP) is 1.50. The Morgan fingerprint density at radius 3 is 2.84 bits per heavy atom. The SMILES string of the molecule is CC(N)C(c1cccnc1)N1CCCN(C)CC1C. The van der Waals surface area contributed by atoms with Crippen LogP contribution in [0.3, 0.4) is 0 Å². The zero-order valence-corrected chi connectivity index (χ0v) is 12.3. The average Bonchev–Trinajstić information content (AvgIpc) is 2.53. The van der Waals surface area contributed by atoms with Crippen molar-refractivity contribution in [3.05, 3.63) is 30.1 Å². The van der Waals surface area contributed by atoms with E-state index in [-0.39, 0.29) is 12.1 Å². The van der Waals surface area contributed by atoms with Gasteiger partial charge in [0.05, 0.1) is 6.04 Å². The van der Waals surface area contributed by atoms with Gasteiger partial charge < -0.3 is 10.6 Å². The molecule has 1 aromatic rings. The second-order valence-electron chi connectivity index (χ2n) is 5.79. The van der Waals surface area contributed by atoms with Gasteiger partial charge in [-0.25, -0.2) is 0 Å². The van der Waals surface area contributed by atoms with Crippen LogP contribution in [0.5, 0.6) is 0 Å². The topological polar surface area (TPSA) is 45.4 Å². The number of nitrogens with zero attached hydrogens (tertiary/aromatic N) is 3. The Labute approximate surface area is 116 Å². The van der Waals surface area contributed by atoms with Crippen LogP contribution in [-0.2, 0) is 0 Å². The smallest absolute Gasteiger partial charge is 0.0515 e. The first-order valence-electron chi connectivity index (χ1n) is 7.19. The number of hydrogen-bond donors (Lipinski definition) is 1. The first kappa shape index (κ1) is 14.4. The summed E-state index contributed by atoms with van der Waals surface area (Å²) in [5.41, 5.74) is 7.49. The van der Waals surface area contributed by atoms with E-state index in [4.69, 9.17) is 5.73 Å². The lowest BCUT2D eigenvalue weighted by atomic mass is 9.99. The van der Waals surface area contributed by atoms with E-state index in [2.05, 4.69) is 41.7 Å². The van der Waals surface area contributed by atoms with Gasteiger partial charge in [-0.2, -0.15) is 0 Å². The minimum absolute atomic E-state index is 0.107. The number of pyridine rings is 1. The molecule has 3 atom stereocenters. The molecule has 106 valence electrons. The van der Waals surface area contributed by atoms with Crippen molar-refractivity contribution in [2.75, 3.05) is 26.7 Å². The minimum atomic E-state index is 0.107. The molecule has 0 aromatic carbocycles. The third-order valence-corrected chi connectivity index (χ3v) is 3.98. The van der Waals surface area contributed by atoms with E-state index in [1.165, 1.54) is 18.5 Å². The Balaban J connectivity index is 2.23. The molecule has 1 aliphatic heterocycles. The lowest BCUT2D eigenvalue weighted by molar-refractivity contribution is 0.127. The van der Waals surface area contributed by atoms with Crippen LogP contribution in [0.1, 0.15) is 31.9 Å². The Hall–Kier alpha value is -0.970. The summed E-state index contributed by atoms with van der Waals surface area (Å²) in [6.45, 7) is 7.77. The highest BCUT2D eigenvalue weighted by Gasteiger charge is 2.29. The standard InChI is InChI=1S/C15H26N4/c1-12-11-18(3)8-5-9-19(12)15(13(2)16)14-6-4-7-17-10-14/h4,6-7,10,12-13,15H,5,8-9,11,16H2,1-3H3. The Morgan fingerprint density at radius 1 is 1.42 bits per heavy atom. The largest absolute Gasteiger partial charge is 0.326 e. The molecule has 0 saturated carbocycles. The first-order valence-corrected chi connectivity index (χ1v) is 7.19. The highest BCUT2D eigenvalue weighted by atomic mass is 15.3. The molecule has 3 unspecified atom stereocenters. The van der Waals surface area contributed by atoms with Crippen LogP contribution >= 0.6 is 0 Å². The van der Waals surface area contributed by atoms with Gasteiger partial charge in [-0.15, -0.1) is 0 Å². The van der Waals surface area contributed by atoms with Crippen LogP contribution in [0.2, 0.25) is 0 Å². The van der Waals surface area contributed by atoms with E-state index in [1.807, 2.05) is 18.5 Å². The lowest BCUT2D eigenvalue weighted by Gasteiger charge is -2.38. The van der Waals surface area contributed by atoms with E-state index < -0.39 is 0 Å². The Kier molecular flexibility index (Phi) is 4.91. The van der Waals surface area contributed by atoms with Crippen molar-refractivity contribution in [3.8, 4) is 0 Å². The molecule has 1 saturated heterocycles. The molecule has 1 aromatic heterocycles. The maximum atomic E-state index is 6.26. The van der Waals surface area contributed by atoms with Crippen LogP contribution in [0.25, 0.3) is 0 Å². The third kappa shape index (κ3) is 3.53. The Bertz CT molecular complexity index is 379. The summed E-state index contributed by atoms with van der Waals surface area (Å²) in [5.74, 6) is 0. The van der Waals surface area contributed by atoms with Gasteiger partial charge in [-0.05, 0) is 45.5 Å². The molecule has 19 heavy (non-hydrogen) atoms. The van der Waals surface area contributed by atoms with Crippen molar-refractivity contribution in [3.63, 3.8) is 0 Å². The predicted molar refractivity (Wildman–Crippen MR) is 78.9 cm³/mol. The number of nitrogens with two attached hydrogens (primary N) is 1. The normalized spacial score (nSPS) is 25.8. The molecule has 0 spiro atoms. The van der Waals surface area contributed by atoms with Gasteiger partial charge in [0.1, 0.15) is 0 Å². The third-order valence-electron chi connectivity index (χ3n) is 3.98. The number of rotatable bonds is 3. The average molecular weight is 262 g/mol. The zero-order chi connectivity index (χ0) is 13.8. The van der Waals surface area contributed by atoms with Crippen LogP contribution in [0.15, 0.2) is 24.5 Å². The molecule has 0 radical (unpaired) electrons. The second-order valence-corrected chi connectivity index (χ2v) is 5.79. The number of aromatic nitrogens is 1. The van der Waals surface area contributed by atoms with E-state index >= 15 is 0 Å². The van der Waals surface area contributed by atoms with Crippen LogP contribution in [0, 0.1) is 0 Å². The molecule has 4 heteroatoms. The van der Waals surface area contributed by atoms with Crippen molar-refractivity contribution in [1.82, 2.24) is 14.8 Å². The van der Waals surface area contributed by atoms with E-state index in [1.54, 1.807) is 0 Å². The van der Waals surface area contributed by atoms with Gasteiger partial charge in [-0.3, -0.25) is 9.88 Å². The molecule has 2 heterocycles. The minimum Gasteiger partial charge on any atom is -0.326 e. The van der Waals surface area contributed by atoms with Crippen molar-refractivity contribution < 1.29 is 0 Å². The zero-order valence-electron chi connectivity index (χ0n) is 12.3. The van der Waals surface area contributed by atoms with Gasteiger partial charge in [-0.1, -0.05) is 6.07 Å². The molecule has 0 amide bonds. The number of likely N-dealkylation sites (N-methyl/N-ethyl adjacent to an activating group) is 1. The van der Waals surface area contributed by atoms with E-state index in [0.29, 0.717) is 6.04 Å². The summed E-state index contributed by atoms with van der Waals surface area (Å²) in [6, 6.07) is 5.02. The molecule has 0 aliphatic carbocycles. The summed E-state index contributed by atoms with van der Waals surface area (Å²) >= 11 is 0. The highest BCUT2D eigenvalue weighted by Crippen LogP contribution is 2.26. The monoisotopic (exact) mass is 262 g/mol. The number of hydrogen-bond acceptors (Lipinski definition) is 4. The van der Waals surface area contributed by atoms with Gasteiger partial charge in [0.15, 0.2) is 0 Å². The summed E-state index contributed by atoms with van der Waals surface area (Å²) in [6.07, 6.45) is 4.97. The highest BCUT2D eigenvalue weighted by molar-refractivity contribution is 5.16. The molecule has 2 rings (SSSR count). The summed E-state index contributed by atoms with van der Waals surface area (Å²) in [5, 5.41) is 0. The fourth-order valence-corrected chi connectivity index (χ4v) is 3.15. The fraction of sp³-hybridized carbons (Fsp3) is 0.667. The molecule has 1 fully saturated rings. The molecule has 0 bridgehead atoms. The maximum Gasteiger partial charge on any atom is 0.0515 e. The molecular weight excluding hydrogens is 236 g/mol. The summed E-state index contributed by atoms with van der Waals surface area (Å²) in [7, 11) is 2.20. The summed E-state index contributed by atoms with van der Waals surface area (Å²) in [4.78, 5) is 9.21. The van der Waals surface area contributed by atoms with Gasteiger partial charge in [0, 0.05) is 37.6 Å². The second kappa shape index (κ2) is 6.46. The lowest BCUT2D eigenvalue weighted by Crippen LogP contribution is -2.46. The van der Waals surface area contributed by atoms with Gasteiger partial charge in [0.2, 0.25) is 0 Å². The molecule has 1 aliphatic rings. The van der Waals surface area contributed by atoms with Gasteiger partial charge in [0.25, 0.3) is 0 Å². The molecule has 2 N–H and O–H groups in total. The maximum absolute atomic E-state index is 6.26. The molecular formula is C15H26N4. The van der Waals surface area contributed by atoms with Crippen molar-refractivity contribution >= 4 is 0 Å². The van der Waals surface area contributed by atoms with E-state index in [9.17, 15) is 0 Å². The fourth-order valence-electron chi connectivity index (χ4n) is 3.15. The van der Waals surface area contributed by atoms with Crippen molar-refractivity contribution in [2.24, 2.45) is 5.73 Å². The van der Waals surface area contributed by atoms with Crippen LogP contribution in [0.4, 0.5) is 0 Å². The Morgan fingerprint density at radius 2 is 2.21 bits per heavy atom. The summed E-state index contributed by atoms with van der Waals surface area (Å²) < 4.78 is 0. The van der Waals surface area contributed by atoms with Gasteiger partial charge >= 0.3 is 0 Å². The molecule has 4 nitrogen and oxygen atoms in total. The van der Waals surface area contributed by atoms with E-state index in [0.717, 1.165) is 13.1 Å². The van der Waals surface area contributed by atoms with Crippen molar-refractivity contribution in [1.29, 1.82) is 0 Å².